The molecule has 0 bridgehead atoms. The van der Waals surface area contributed by atoms with Crippen molar-refractivity contribution in [1.29, 1.82) is 0 Å². The zero-order chi connectivity index (χ0) is 13.8. The first-order chi connectivity index (χ1) is 9.21. The number of fused-ring (bicyclic) bond motifs is 1. The molecule has 0 fully saturated rings. The van der Waals surface area contributed by atoms with Crippen molar-refractivity contribution in [3.05, 3.63) is 23.0 Å². The molecule has 2 atom stereocenters. The Morgan fingerprint density at radius 2 is 2.21 bits per heavy atom. The first-order valence-corrected chi connectivity index (χ1v) is 5.28. The molecule has 2 rings (SSSR count). The highest BCUT2D eigenvalue weighted by Gasteiger charge is 2.20. The minimum atomic E-state index is -1.21. The third kappa shape index (κ3) is 2.41. The van der Waals surface area contributed by atoms with E-state index in [1.165, 1.54) is 10.9 Å². The molecule has 0 saturated heterocycles. The van der Waals surface area contributed by atoms with Gasteiger partial charge in [0.25, 0.3) is 5.56 Å². The van der Waals surface area contributed by atoms with Gasteiger partial charge in [0.05, 0.1) is 19.3 Å². The van der Waals surface area contributed by atoms with Gasteiger partial charge < -0.3 is 19.6 Å². The van der Waals surface area contributed by atoms with Crippen molar-refractivity contribution in [2.75, 3.05) is 6.61 Å². The molecule has 2 aromatic rings. The van der Waals surface area contributed by atoms with Crippen LogP contribution in [0.4, 0.5) is 0 Å². The maximum atomic E-state index is 11.4. The molecule has 0 amide bonds. The Morgan fingerprint density at radius 3 is 2.84 bits per heavy atom. The summed E-state index contributed by atoms with van der Waals surface area (Å²) in [5.41, 5.74) is -0.268. The Kier molecular flexibility index (Phi) is 3.78. The fourth-order valence-corrected chi connectivity index (χ4v) is 1.51. The molecule has 9 nitrogen and oxygen atoms in total. The van der Waals surface area contributed by atoms with Crippen molar-refractivity contribution in [3.8, 4) is 0 Å². The van der Waals surface area contributed by atoms with E-state index in [0.717, 1.165) is 6.33 Å². The van der Waals surface area contributed by atoms with Crippen molar-refractivity contribution >= 4 is 23.7 Å². The average molecular weight is 266 g/mol. The van der Waals surface area contributed by atoms with E-state index < -0.39 is 24.5 Å². The molecule has 2 heterocycles. The Morgan fingerprint density at radius 1 is 1.42 bits per heavy atom. The number of imidazole rings is 1. The largest absolute Gasteiger partial charge is 0.393 e. The summed E-state index contributed by atoms with van der Waals surface area (Å²) in [6, 6.07) is 0. The Bertz CT molecular complexity index is 649. The number of aliphatic hydroxyl groups excluding tert-OH is 1. The second kappa shape index (κ2) is 5.50. The maximum Gasteiger partial charge on any atom is 0.278 e. The van der Waals surface area contributed by atoms with Gasteiger partial charge in [-0.15, -0.1) is 0 Å². The summed E-state index contributed by atoms with van der Waals surface area (Å²) in [4.78, 5) is 43.1. The molecule has 0 saturated carbocycles. The summed E-state index contributed by atoms with van der Waals surface area (Å²) in [6.45, 7) is -0.561. The molecule has 19 heavy (non-hydrogen) atoms. The second-order valence-electron chi connectivity index (χ2n) is 3.58. The van der Waals surface area contributed by atoms with Crippen molar-refractivity contribution in [2.45, 2.75) is 12.3 Å². The van der Waals surface area contributed by atoms with Crippen molar-refractivity contribution in [2.24, 2.45) is 0 Å². The molecule has 0 aromatic carbocycles. The monoisotopic (exact) mass is 266 g/mol. The summed E-state index contributed by atoms with van der Waals surface area (Å²) in [7, 11) is 0. The number of ether oxygens (including phenoxy) is 1. The van der Waals surface area contributed by atoms with Crippen LogP contribution >= 0.6 is 0 Å². The number of aromatic amines is 1. The van der Waals surface area contributed by atoms with Gasteiger partial charge in [-0.2, -0.15) is 0 Å². The smallest absolute Gasteiger partial charge is 0.278 e. The van der Waals surface area contributed by atoms with Gasteiger partial charge >= 0.3 is 0 Å². The van der Waals surface area contributed by atoms with E-state index in [4.69, 9.17) is 9.84 Å². The van der Waals surface area contributed by atoms with E-state index in [1.807, 2.05) is 0 Å². The fraction of sp³-hybridized carbons (Fsp3) is 0.300. The lowest BCUT2D eigenvalue weighted by molar-refractivity contribution is -0.139. The van der Waals surface area contributed by atoms with Crippen LogP contribution in [0.2, 0.25) is 0 Å². The van der Waals surface area contributed by atoms with Crippen LogP contribution in [0.5, 0.6) is 0 Å². The number of aldehydes is 2. The van der Waals surface area contributed by atoms with E-state index in [9.17, 15) is 14.4 Å². The van der Waals surface area contributed by atoms with E-state index in [2.05, 4.69) is 15.0 Å². The molecule has 0 radical (unpaired) electrons. The molecule has 0 spiro atoms. The van der Waals surface area contributed by atoms with Gasteiger partial charge in [0, 0.05) is 0 Å². The minimum absolute atomic E-state index is 0.0459. The zero-order valence-electron chi connectivity index (χ0n) is 9.59. The number of H-pyrrole nitrogens is 1. The van der Waals surface area contributed by atoms with Crippen LogP contribution < -0.4 is 5.56 Å². The topological polar surface area (TPSA) is 127 Å². The van der Waals surface area contributed by atoms with Gasteiger partial charge in [-0.3, -0.25) is 14.2 Å². The second-order valence-corrected chi connectivity index (χ2v) is 3.58. The molecular weight excluding hydrogens is 256 g/mol. The van der Waals surface area contributed by atoms with Gasteiger partial charge in [-0.05, 0) is 0 Å². The molecular formula is C10H10N4O5. The zero-order valence-corrected chi connectivity index (χ0v) is 9.59. The fourth-order valence-electron chi connectivity index (χ4n) is 1.51. The van der Waals surface area contributed by atoms with E-state index in [-0.39, 0.29) is 11.2 Å². The SMILES string of the molecule is O=C[C@H](O[C@@H](C=O)CO)n1cnc2c(=O)[nH]cnc21. The number of hydrogen-bond acceptors (Lipinski definition) is 7. The van der Waals surface area contributed by atoms with Gasteiger partial charge in [0.1, 0.15) is 6.10 Å². The summed E-state index contributed by atoms with van der Waals surface area (Å²) in [6.07, 6.45) is 0.793. The molecule has 0 aliphatic carbocycles. The first-order valence-electron chi connectivity index (χ1n) is 5.28. The highest BCUT2D eigenvalue weighted by atomic mass is 16.5. The van der Waals surface area contributed by atoms with Gasteiger partial charge in [0.15, 0.2) is 30.0 Å². The lowest BCUT2D eigenvalue weighted by Gasteiger charge is -2.16. The number of nitrogens with zero attached hydrogens (tertiary/aromatic N) is 3. The standard InChI is InChI=1S/C10H10N4O5/c15-1-6(2-16)19-7(3-17)14-5-13-8-9(14)11-4-12-10(8)18/h1,3-7,16H,2H2,(H,11,12,18)/t6-,7-/m0/s1. The molecule has 0 aliphatic heterocycles. The van der Waals surface area contributed by atoms with Crippen LogP contribution in [0.15, 0.2) is 17.4 Å². The third-order valence-corrected chi connectivity index (χ3v) is 2.40. The Labute approximate surface area is 105 Å². The van der Waals surface area contributed by atoms with Gasteiger partial charge in [0.2, 0.25) is 0 Å². The van der Waals surface area contributed by atoms with E-state index in [0.29, 0.717) is 12.6 Å². The number of aromatic nitrogens is 4. The average Bonchev–Trinajstić information content (AvgIpc) is 2.86. The van der Waals surface area contributed by atoms with Crippen LogP contribution in [0.3, 0.4) is 0 Å². The third-order valence-electron chi connectivity index (χ3n) is 2.40. The molecule has 100 valence electrons. The van der Waals surface area contributed by atoms with Crippen molar-refractivity contribution in [3.63, 3.8) is 0 Å². The van der Waals surface area contributed by atoms with Crippen LogP contribution in [-0.4, -0.2) is 49.9 Å². The molecule has 2 N–H and O–H groups in total. The predicted molar refractivity (Wildman–Crippen MR) is 61.3 cm³/mol. The van der Waals surface area contributed by atoms with Gasteiger partial charge in [-0.25, -0.2) is 9.97 Å². The van der Waals surface area contributed by atoms with Crippen molar-refractivity contribution < 1.29 is 19.4 Å². The first kappa shape index (κ1) is 13.1. The number of rotatable bonds is 6. The van der Waals surface area contributed by atoms with Crippen molar-refractivity contribution in [1.82, 2.24) is 19.5 Å². The summed E-state index contributed by atoms with van der Waals surface area (Å²) in [5.74, 6) is 0. The Hall–Kier alpha value is -2.39. The molecule has 2 aromatic heterocycles. The predicted octanol–water partition coefficient (Wildman–Crippen LogP) is -1.61. The lowest BCUT2D eigenvalue weighted by atomic mass is 10.4. The molecule has 0 aliphatic rings. The highest BCUT2D eigenvalue weighted by molar-refractivity contribution is 5.71. The van der Waals surface area contributed by atoms with Crippen LogP contribution in [-0.2, 0) is 14.3 Å². The molecule has 9 heteroatoms. The van der Waals surface area contributed by atoms with Gasteiger partial charge in [-0.1, -0.05) is 0 Å². The quantitative estimate of drug-likeness (QED) is 0.602. The summed E-state index contributed by atoms with van der Waals surface area (Å²) >= 11 is 0. The van der Waals surface area contributed by atoms with Crippen LogP contribution in [0.25, 0.3) is 11.2 Å². The minimum Gasteiger partial charge on any atom is -0.393 e. The number of aliphatic hydroxyl groups is 1. The number of hydrogen-bond donors (Lipinski definition) is 2. The van der Waals surface area contributed by atoms with Crippen LogP contribution in [0, 0.1) is 0 Å². The normalized spacial score (nSPS) is 14.2. The van der Waals surface area contributed by atoms with E-state index in [1.54, 1.807) is 0 Å². The summed E-state index contributed by atoms with van der Waals surface area (Å²) < 4.78 is 6.27. The Balaban J connectivity index is 2.41. The molecule has 0 unspecified atom stereocenters. The number of carbonyl (C=O) groups is 2. The number of nitrogens with one attached hydrogen (secondary N) is 1. The number of carbonyl (C=O) groups excluding carboxylic acids is 2. The maximum absolute atomic E-state index is 11.4. The highest BCUT2D eigenvalue weighted by Crippen LogP contribution is 2.13. The lowest BCUT2D eigenvalue weighted by Crippen LogP contribution is -2.26. The van der Waals surface area contributed by atoms with E-state index >= 15 is 0 Å². The van der Waals surface area contributed by atoms with Crippen LogP contribution in [0.1, 0.15) is 6.23 Å². The summed E-state index contributed by atoms with van der Waals surface area (Å²) in [5, 5.41) is 8.86.